The Kier molecular flexibility index (Phi) is 5.57. The minimum atomic E-state index is 0. The summed E-state index contributed by atoms with van der Waals surface area (Å²) in [5.41, 5.74) is 0. The smallest absolute Gasteiger partial charge is 0.737 e. The molecular weight excluding hydrogens is 159 g/mol. The monoisotopic (exact) mass is 168 g/mol. The fourth-order valence-corrected chi connectivity index (χ4v) is 0.876. The van der Waals surface area contributed by atoms with Crippen molar-refractivity contribution in [2.75, 3.05) is 26.2 Å². The second-order valence-corrected chi connectivity index (χ2v) is 2.04. The molecule has 0 unspecified atom stereocenters. The maximum Gasteiger partial charge on any atom is 1.00 e. The van der Waals surface area contributed by atoms with Crippen molar-refractivity contribution in [2.24, 2.45) is 5.28 Å². The summed E-state index contributed by atoms with van der Waals surface area (Å²) in [6.45, 7) is 2.56. The molecule has 0 amide bonds. The minimum Gasteiger partial charge on any atom is -0.737 e. The molecule has 0 aromatic carbocycles. The van der Waals surface area contributed by atoms with Crippen LogP contribution >= 0.6 is 0 Å². The fraction of sp³-hybridized carbons (Fsp3) is 1.00. The van der Waals surface area contributed by atoms with E-state index in [-0.39, 0.29) is 34.5 Å². The quantitative estimate of drug-likeness (QED) is 0.189. The van der Waals surface area contributed by atoms with Gasteiger partial charge < -0.3 is 15.7 Å². The van der Waals surface area contributed by atoms with Crippen molar-refractivity contribution in [1.29, 1.82) is 0 Å². The number of rotatable bonds is 1. The third kappa shape index (κ3) is 3.24. The van der Waals surface area contributed by atoms with Crippen LogP contribution in [0.2, 0.25) is 0 Å². The summed E-state index contributed by atoms with van der Waals surface area (Å²) in [6.07, 6.45) is 0. The molecule has 0 saturated carbocycles. The largest absolute Gasteiger partial charge is 1.00 e. The first-order valence-corrected chi connectivity index (χ1v) is 3.10. The number of piperazine rings is 1. The fourth-order valence-electron chi connectivity index (χ4n) is 0.876. The van der Waals surface area contributed by atoms with Gasteiger partial charge in [0.1, 0.15) is 0 Å². The van der Waals surface area contributed by atoms with E-state index in [1.165, 1.54) is 5.01 Å². The molecule has 1 aliphatic heterocycles. The zero-order valence-electron chi connectivity index (χ0n) is 6.49. The van der Waals surface area contributed by atoms with Gasteiger partial charge in [0.25, 0.3) is 0 Å². The number of hydrazine groups is 1. The van der Waals surface area contributed by atoms with Gasteiger partial charge in [0.15, 0.2) is 0 Å². The van der Waals surface area contributed by atoms with Crippen LogP contribution in [0.1, 0.15) is 0 Å². The van der Waals surface area contributed by atoms with Gasteiger partial charge in [-0.15, -0.1) is 5.01 Å². The SMILES string of the molecule is [Na+].[O-]/N=[N+](\[O-])N1CCNCC1. The summed E-state index contributed by atoms with van der Waals surface area (Å²) in [7, 11) is 0. The predicted molar refractivity (Wildman–Crippen MR) is 33.9 cm³/mol. The Morgan fingerprint density at radius 1 is 1.36 bits per heavy atom. The third-order valence-electron chi connectivity index (χ3n) is 1.41. The van der Waals surface area contributed by atoms with E-state index >= 15 is 0 Å². The van der Waals surface area contributed by atoms with Crippen molar-refractivity contribution < 1.29 is 34.5 Å². The Morgan fingerprint density at radius 2 is 1.91 bits per heavy atom. The Labute approximate surface area is 86.7 Å². The van der Waals surface area contributed by atoms with Gasteiger partial charge in [-0.2, -0.15) is 0 Å². The summed E-state index contributed by atoms with van der Waals surface area (Å²) in [6, 6.07) is 0. The van der Waals surface area contributed by atoms with Crippen molar-refractivity contribution in [3.05, 3.63) is 10.4 Å². The van der Waals surface area contributed by atoms with Gasteiger partial charge in [0.05, 0.1) is 13.1 Å². The van der Waals surface area contributed by atoms with Crippen LogP contribution in [-0.4, -0.2) is 36.2 Å². The molecule has 0 radical (unpaired) electrons. The van der Waals surface area contributed by atoms with E-state index in [0.29, 0.717) is 13.1 Å². The molecule has 11 heavy (non-hydrogen) atoms. The van der Waals surface area contributed by atoms with Gasteiger partial charge >= 0.3 is 29.6 Å². The molecule has 0 aromatic heterocycles. The van der Waals surface area contributed by atoms with Gasteiger partial charge in [-0.1, -0.05) is 0 Å². The van der Waals surface area contributed by atoms with E-state index in [9.17, 15) is 10.4 Å². The van der Waals surface area contributed by atoms with E-state index < -0.39 is 0 Å². The normalized spacial score (nSPS) is 19.3. The van der Waals surface area contributed by atoms with Crippen LogP contribution < -0.4 is 34.9 Å². The molecule has 1 rings (SSSR count). The third-order valence-corrected chi connectivity index (χ3v) is 1.41. The molecule has 0 aliphatic carbocycles. The van der Waals surface area contributed by atoms with Crippen molar-refractivity contribution in [2.45, 2.75) is 0 Å². The molecule has 0 spiro atoms. The Balaban J connectivity index is 0.000001000. The van der Waals surface area contributed by atoms with Gasteiger partial charge in [0, 0.05) is 18.1 Å². The molecular formula is C4H9N4NaO2. The second kappa shape index (κ2) is 5.59. The maximum atomic E-state index is 10.5. The summed E-state index contributed by atoms with van der Waals surface area (Å²) in [4.78, 5) is 0.0981. The molecule has 1 aliphatic rings. The molecule has 7 heteroatoms. The first kappa shape index (κ1) is 11.0. The first-order chi connectivity index (χ1) is 4.84. The molecule has 1 fully saturated rings. The van der Waals surface area contributed by atoms with E-state index in [1.807, 2.05) is 0 Å². The van der Waals surface area contributed by atoms with E-state index in [0.717, 1.165) is 13.1 Å². The topological polar surface area (TPSA) is 76.8 Å². The van der Waals surface area contributed by atoms with Crippen molar-refractivity contribution >= 4 is 0 Å². The van der Waals surface area contributed by atoms with Crippen LogP contribution in [0, 0.1) is 10.4 Å². The van der Waals surface area contributed by atoms with Gasteiger partial charge in [-0.25, -0.2) is 0 Å². The van der Waals surface area contributed by atoms with Crippen molar-refractivity contribution in [1.82, 2.24) is 10.3 Å². The Morgan fingerprint density at radius 3 is 2.36 bits per heavy atom. The minimum absolute atomic E-state index is 0. The van der Waals surface area contributed by atoms with E-state index in [2.05, 4.69) is 10.6 Å². The van der Waals surface area contributed by atoms with Crippen molar-refractivity contribution in [3.8, 4) is 0 Å². The average Bonchev–Trinajstić information content (AvgIpc) is 2.05. The van der Waals surface area contributed by atoms with Gasteiger partial charge in [0.2, 0.25) is 0 Å². The predicted octanol–water partition coefficient (Wildman–Crippen LogP) is -3.73. The van der Waals surface area contributed by atoms with Crippen LogP contribution in [0.3, 0.4) is 0 Å². The summed E-state index contributed by atoms with van der Waals surface area (Å²) < 4.78 is 0. The van der Waals surface area contributed by atoms with Crippen molar-refractivity contribution in [3.63, 3.8) is 0 Å². The molecule has 58 valence electrons. The molecule has 0 bridgehead atoms. The van der Waals surface area contributed by atoms with Crippen LogP contribution in [0.4, 0.5) is 0 Å². The molecule has 6 nitrogen and oxygen atoms in total. The number of nitrogens with one attached hydrogen (secondary N) is 1. The molecule has 0 atom stereocenters. The molecule has 1 N–H and O–H groups in total. The average molecular weight is 168 g/mol. The summed E-state index contributed by atoms with van der Waals surface area (Å²) in [5, 5.41) is 26.8. The Hall–Kier alpha value is -0.0400. The summed E-state index contributed by atoms with van der Waals surface area (Å²) in [5.74, 6) is 0. The van der Waals surface area contributed by atoms with Crippen LogP contribution in [-0.2, 0) is 0 Å². The number of hydrogen-bond donors (Lipinski definition) is 1. The van der Waals surface area contributed by atoms with E-state index in [4.69, 9.17) is 0 Å². The van der Waals surface area contributed by atoms with Crippen LogP contribution in [0.15, 0.2) is 5.28 Å². The second-order valence-electron chi connectivity index (χ2n) is 2.04. The molecule has 1 heterocycles. The zero-order chi connectivity index (χ0) is 7.40. The van der Waals surface area contributed by atoms with E-state index in [1.54, 1.807) is 0 Å². The maximum absolute atomic E-state index is 10.5. The number of nitrogens with zero attached hydrogens (tertiary/aromatic N) is 3. The van der Waals surface area contributed by atoms with Crippen LogP contribution in [0.5, 0.6) is 0 Å². The molecule has 0 aromatic rings. The summed E-state index contributed by atoms with van der Waals surface area (Å²) >= 11 is 0. The van der Waals surface area contributed by atoms with Gasteiger partial charge in [-0.3, -0.25) is 0 Å². The van der Waals surface area contributed by atoms with Gasteiger partial charge in [-0.05, 0) is 5.28 Å². The Bertz CT molecular complexity index is 136. The zero-order valence-corrected chi connectivity index (χ0v) is 8.49. The standard InChI is InChI=1S/C4H10N4O2.Na/c9-6-8(10)7-3-1-5-2-4-7;/h5,9H,1-4H2;/q;+1/p-1/b8-6-;. The number of hydrogen-bond acceptors (Lipinski definition) is 4. The van der Waals surface area contributed by atoms with Crippen LogP contribution in [0.25, 0.3) is 0 Å². The first-order valence-electron chi connectivity index (χ1n) is 3.10. The molecule has 1 saturated heterocycles.